The lowest BCUT2D eigenvalue weighted by molar-refractivity contribution is 0.0461. The summed E-state index contributed by atoms with van der Waals surface area (Å²) in [7, 11) is 1.55. The van der Waals surface area contributed by atoms with Crippen molar-refractivity contribution in [2.45, 2.75) is 19.1 Å². The number of benzene rings is 1. The van der Waals surface area contributed by atoms with Crippen LogP contribution in [0.5, 0.6) is 11.5 Å². The van der Waals surface area contributed by atoms with Gasteiger partial charge in [0.05, 0.1) is 12.7 Å². The molecule has 1 fully saturated rings. The van der Waals surface area contributed by atoms with E-state index in [1.807, 2.05) is 16.7 Å². The minimum absolute atomic E-state index is 0.146. The first-order valence-corrected chi connectivity index (χ1v) is 11.0. The zero-order valence-electron chi connectivity index (χ0n) is 18.4. The van der Waals surface area contributed by atoms with E-state index in [9.17, 15) is 9.90 Å². The maximum atomic E-state index is 12.7. The summed E-state index contributed by atoms with van der Waals surface area (Å²) in [5, 5.41) is 14.5. The van der Waals surface area contributed by atoms with Gasteiger partial charge in [0.1, 0.15) is 24.0 Å². The molecule has 0 unspecified atom stereocenters. The minimum Gasteiger partial charge on any atom is -0.491 e. The standard InChI is InChI=1S/C23H26N6O4/c1-32-20-18(33-14-16(30)13-28-9-3-10-28)6-5-17-19(20)26-23(29-11-8-25-21(17)29)27-22(31)15-4-2-7-24-12-15/h2,4-7,12,16,25,30H,3,8-11,13-14H2,1H3/t16-/m1/s1. The number of nitrogens with zero attached hydrogens (tertiary/aromatic N) is 5. The zero-order valence-corrected chi connectivity index (χ0v) is 18.4. The lowest BCUT2D eigenvalue weighted by Gasteiger charge is -2.32. The number of hydrogen-bond acceptors (Lipinski definition) is 8. The number of likely N-dealkylation sites (tertiary alicyclic amines) is 1. The average molecular weight is 450 g/mol. The molecule has 0 bridgehead atoms. The van der Waals surface area contributed by atoms with Crippen molar-refractivity contribution in [1.29, 1.82) is 0 Å². The summed E-state index contributed by atoms with van der Waals surface area (Å²) >= 11 is 0. The van der Waals surface area contributed by atoms with Crippen molar-refractivity contribution >= 4 is 22.6 Å². The van der Waals surface area contributed by atoms with Crippen LogP contribution in [0.2, 0.25) is 0 Å². The van der Waals surface area contributed by atoms with Gasteiger partial charge in [0, 0.05) is 37.4 Å². The predicted molar refractivity (Wildman–Crippen MR) is 121 cm³/mol. The number of amides is 1. The van der Waals surface area contributed by atoms with Gasteiger partial charge >= 0.3 is 0 Å². The van der Waals surface area contributed by atoms with Crippen molar-refractivity contribution in [3.05, 3.63) is 47.8 Å². The highest BCUT2D eigenvalue weighted by molar-refractivity contribution is 5.96. The second kappa shape index (κ2) is 9.16. The first-order chi connectivity index (χ1) is 16.1. The number of anilines is 1. The molecule has 10 nitrogen and oxygen atoms in total. The molecule has 10 heteroatoms. The highest BCUT2D eigenvalue weighted by Gasteiger charge is 2.22. The largest absolute Gasteiger partial charge is 0.491 e. The summed E-state index contributed by atoms with van der Waals surface area (Å²) in [6.45, 7) is 4.10. The van der Waals surface area contributed by atoms with Crippen molar-refractivity contribution in [3.8, 4) is 11.5 Å². The second-order valence-corrected chi connectivity index (χ2v) is 8.11. The number of aromatic nitrogens is 3. The first-order valence-electron chi connectivity index (χ1n) is 11.0. The van der Waals surface area contributed by atoms with Crippen molar-refractivity contribution in [2.75, 3.05) is 45.2 Å². The van der Waals surface area contributed by atoms with Crippen LogP contribution in [0.3, 0.4) is 0 Å². The van der Waals surface area contributed by atoms with E-state index in [0.29, 0.717) is 42.2 Å². The fourth-order valence-electron chi connectivity index (χ4n) is 4.09. The summed E-state index contributed by atoms with van der Waals surface area (Å²) in [5.41, 5.74) is 1.20. The van der Waals surface area contributed by atoms with Crippen LogP contribution < -0.4 is 20.4 Å². The Morgan fingerprint density at radius 1 is 1.30 bits per heavy atom. The summed E-state index contributed by atoms with van der Waals surface area (Å²) in [6.07, 6.45) is 3.66. The lowest BCUT2D eigenvalue weighted by atomic mass is 10.2. The molecule has 2 N–H and O–H groups in total. The lowest BCUT2D eigenvalue weighted by Crippen LogP contribution is -2.43. The molecule has 0 radical (unpaired) electrons. The molecule has 2 aromatic heterocycles. The summed E-state index contributed by atoms with van der Waals surface area (Å²) in [4.78, 5) is 27.8. The molecule has 2 aliphatic rings. The van der Waals surface area contributed by atoms with Gasteiger partial charge < -0.3 is 24.8 Å². The molecular formula is C23H26N6O4. The fourth-order valence-corrected chi connectivity index (χ4v) is 4.09. The number of aliphatic hydroxyl groups excluding tert-OH is 1. The maximum absolute atomic E-state index is 12.7. The molecule has 3 aromatic rings. The topological polar surface area (TPSA) is 114 Å². The van der Waals surface area contributed by atoms with Crippen LogP contribution in [-0.4, -0.2) is 76.4 Å². The number of rotatable bonds is 7. The Labute approximate surface area is 190 Å². The molecule has 0 aliphatic carbocycles. The molecule has 4 heterocycles. The molecule has 1 saturated heterocycles. The molecule has 2 aliphatic heterocycles. The Bertz CT molecular complexity index is 1240. The van der Waals surface area contributed by atoms with E-state index in [1.165, 1.54) is 12.6 Å². The third-order valence-electron chi connectivity index (χ3n) is 5.86. The Morgan fingerprint density at radius 2 is 2.18 bits per heavy atom. The van der Waals surface area contributed by atoms with Crippen LogP contribution in [0.1, 0.15) is 16.8 Å². The minimum atomic E-state index is -0.599. The number of hydrogen-bond donors (Lipinski definition) is 2. The monoisotopic (exact) mass is 450 g/mol. The van der Waals surface area contributed by atoms with E-state index < -0.39 is 12.0 Å². The van der Waals surface area contributed by atoms with Gasteiger partial charge in [-0.15, -0.1) is 0 Å². The average Bonchev–Trinajstić information content (AvgIpc) is 3.31. The summed E-state index contributed by atoms with van der Waals surface area (Å²) in [6, 6.07) is 7.08. The van der Waals surface area contributed by atoms with Gasteiger partial charge in [-0.1, -0.05) is 0 Å². The summed E-state index contributed by atoms with van der Waals surface area (Å²) < 4.78 is 13.4. The molecule has 0 spiro atoms. The number of carbonyl (C=O) groups excluding carboxylic acids is 1. The number of β-amino-alcohol motifs (C(OH)–C–C–N with tert-alkyl or cyclic N) is 1. The number of fused-ring (bicyclic) bond motifs is 3. The van der Waals surface area contributed by atoms with E-state index in [2.05, 4.69) is 25.2 Å². The van der Waals surface area contributed by atoms with Gasteiger partial charge in [-0.2, -0.15) is 4.99 Å². The van der Waals surface area contributed by atoms with Crippen molar-refractivity contribution < 1.29 is 19.4 Å². The molecule has 172 valence electrons. The Hall–Kier alpha value is -3.50. The molecule has 1 atom stereocenters. The SMILES string of the molecule is COc1c(OC[C@H](O)CN2CCC2)ccc2c3n(c(=NC(=O)c4cccnc4)nc12)CCN3. The molecule has 5 rings (SSSR count). The van der Waals surface area contributed by atoms with Gasteiger partial charge in [-0.05, 0) is 43.8 Å². The molecule has 1 aromatic carbocycles. The van der Waals surface area contributed by atoms with Crippen molar-refractivity contribution in [3.63, 3.8) is 0 Å². The van der Waals surface area contributed by atoms with Gasteiger partial charge in [0.15, 0.2) is 11.5 Å². The van der Waals surface area contributed by atoms with Gasteiger partial charge in [0.2, 0.25) is 5.62 Å². The highest BCUT2D eigenvalue weighted by atomic mass is 16.5. The zero-order chi connectivity index (χ0) is 22.8. The van der Waals surface area contributed by atoms with E-state index in [1.54, 1.807) is 25.4 Å². The fraction of sp³-hybridized carbons (Fsp3) is 0.391. The number of nitrogens with one attached hydrogen (secondary N) is 1. The Kier molecular flexibility index (Phi) is 5.93. The van der Waals surface area contributed by atoms with E-state index >= 15 is 0 Å². The Morgan fingerprint density at radius 3 is 2.91 bits per heavy atom. The Balaban J connectivity index is 1.51. The number of aliphatic hydroxyl groups is 1. The smallest absolute Gasteiger partial charge is 0.281 e. The number of pyridine rings is 1. The van der Waals surface area contributed by atoms with Crippen LogP contribution in [0.15, 0.2) is 41.7 Å². The van der Waals surface area contributed by atoms with Crippen LogP contribution in [-0.2, 0) is 6.54 Å². The van der Waals surface area contributed by atoms with Crippen molar-refractivity contribution in [1.82, 2.24) is 19.4 Å². The van der Waals surface area contributed by atoms with E-state index in [0.717, 1.165) is 24.3 Å². The quantitative estimate of drug-likeness (QED) is 0.549. The van der Waals surface area contributed by atoms with E-state index in [4.69, 9.17) is 9.47 Å². The molecule has 33 heavy (non-hydrogen) atoms. The number of ether oxygens (including phenoxy) is 2. The summed E-state index contributed by atoms with van der Waals surface area (Å²) in [5.74, 6) is 1.32. The van der Waals surface area contributed by atoms with Crippen LogP contribution in [0, 0.1) is 0 Å². The molecule has 0 saturated carbocycles. The van der Waals surface area contributed by atoms with E-state index in [-0.39, 0.29) is 12.2 Å². The van der Waals surface area contributed by atoms with Crippen LogP contribution in [0.25, 0.3) is 10.9 Å². The van der Waals surface area contributed by atoms with Crippen LogP contribution >= 0.6 is 0 Å². The first kappa shape index (κ1) is 21.4. The number of methoxy groups -OCH3 is 1. The molecule has 1 amide bonds. The van der Waals surface area contributed by atoms with Gasteiger partial charge in [-0.3, -0.25) is 14.3 Å². The van der Waals surface area contributed by atoms with Crippen molar-refractivity contribution in [2.24, 2.45) is 4.99 Å². The van der Waals surface area contributed by atoms with Gasteiger partial charge in [-0.25, -0.2) is 4.98 Å². The number of carbonyl (C=O) groups is 1. The van der Waals surface area contributed by atoms with Gasteiger partial charge in [0.25, 0.3) is 5.91 Å². The second-order valence-electron chi connectivity index (χ2n) is 8.11. The predicted octanol–water partition coefficient (Wildman–Crippen LogP) is 1.05. The normalized spacial score (nSPS) is 16.7. The maximum Gasteiger partial charge on any atom is 0.281 e. The van der Waals surface area contributed by atoms with Crippen LogP contribution in [0.4, 0.5) is 5.82 Å². The third kappa shape index (κ3) is 4.27. The third-order valence-corrected chi connectivity index (χ3v) is 5.86. The highest BCUT2D eigenvalue weighted by Crippen LogP contribution is 2.37. The molecular weight excluding hydrogens is 424 g/mol.